The highest BCUT2D eigenvalue weighted by Gasteiger charge is 2.19. The Kier molecular flexibility index (Phi) is 3.96. The SMILES string of the molecule is O=c1cc(N2CCN(Cc3ccccc3F)CC2)nc[nH]1. The van der Waals surface area contributed by atoms with Gasteiger partial charge in [0, 0.05) is 44.4 Å². The summed E-state index contributed by atoms with van der Waals surface area (Å²) in [7, 11) is 0. The molecule has 1 aromatic heterocycles. The van der Waals surface area contributed by atoms with E-state index in [0.29, 0.717) is 12.4 Å². The van der Waals surface area contributed by atoms with Crippen molar-refractivity contribution in [1.82, 2.24) is 14.9 Å². The predicted octanol–water partition coefficient (Wildman–Crippen LogP) is 1.23. The van der Waals surface area contributed by atoms with Gasteiger partial charge in [0.05, 0.1) is 6.33 Å². The molecular weight excluding hydrogens is 271 g/mol. The molecule has 2 heterocycles. The lowest BCUT2D eigenvalue weighted by Gasteiger charge is -2.35. The number of nitrogens with zero attached hydrogens (tertiary/aromatic N) is 3. The van der Waals surface area contributed by atoms with Crippen LogP contribution in [-0.2, 0) is 6.54 Å². The van der Waals surface area contributed by atoms with E-state index in [2.05, 4.69) is 19.8 Å². The topological polar surface area (TPSA) is 52.2 Å². The largest absolute Gasteiger partial charge is 0.354 e. The third-order valence-electron chi connectivity index (χ3n) is 3.71. The van der Waals surface area contributed by atoms with Crippen LogP contribution >= 0.6 is 0 Å². The maximum atomic E-state index is 13.6. The number of halogens is 1. The Bertz CT molecular complexity index is 664. The minimum atomic E-state index is -0.156. The molecule has 1 aliphatic heterocycles. The summed E-state index contributed by atoms with van der Waals surface area (Å²) in [6, 6.07) is 8.38. The quantitative estimate of drug-likeness (QED) is 0.923. The number of nitrogens with one attached hydrogen (secondary N) is 1. The smallest absolute Gasteiger partial charge is 0.252 e. The highest BCUT2D eigenvalue weighted by molar-refractivity contribution is 5.37. The van der Waals surface area contributed by atoms with Gasteiger partial charge in [0.15, 0.2) is 0 Å². The van der Waals surface area contributed by atoms with Crippen molar-refractivity contribution in [2.24, 2.45) is 0 Å². The average molecular weight is 288 g/mol. The molecule has 0 aliphatic carbocycles. The number of hydrogen-bond donors (Lipinski definition) is 1. The molecule has 1 saturated heterocycles. The zero-order chi connectivity index (χ0) is 14.7. The minimum Gasteiger partial charge on any atom is -0.354 e. The highest BCUT2D eigenvalue weighted by atomic mass is 19.1. The van der Waals surface area contributed by atoms with E-state index in [4.69, 9.17) is 0 Å². The fraction of sp³-hybridized carbons (Fsp3) is 0.333. The summed E-state index contributed by atoms with van der Waals surface area (Å²) >= 11 is 0. The highest BCUT2D eigenvalue weighted by Crippen LogP contribution is 2.14. The van der Waals surface area contributed by atoms with Crippen molar-refractivity contribution in [2.75, 3.05) is 31.1 Å². The minimum absolute atomic E-state index is 0.145. The van der Waals surface area contributed by atoms with Gasteiger partial charge in [-0.1, -0.05) is 18.2 Å². The van der Waals surface area contributed by atoms with E-state index in [1.165, 1.54) is 18.5 Å². The molecule has 110 valence electrons. The van der Waals surface area contributed by atoms with Gasteiger partial charge in [0.2, 0.25) is 0 Å². The number of rotatable bonds is 3. The molecule has 0 amide bonds. The van der Waals surface area contributed by atoms with Crippen LogP contribution in [0.3, 0.4) is 0 Å². The Morgan fingerprint density at radius 3 is 2.67 bits per heavy atom. The molecule has 0 spiro atoms. The van der Waals surface area contributed by atoms with Crippen LogP contribution in [0.15, 0.2) is 41.5 Å². The van der Waals surface area contributed by atoms with Gasteiger partial charge >= 0.3 is 0 Å². The molecule has 6 heteroatoms. The van der Waals surface area contributed by atoms with E-state index in [-0.39, 0.29) is 11.4 Å². The van der Waals surface area contributed by atoms with Gasteiger partial charge < -0.3 is 9.88 Å². The second-order valence-corrected chi connectivity index (χ2v) is 5.12. The van der Waals surface area contributed by atoms with Crippen molar-refractivity contribution < 1.29 is 4.39 Å². The van der Waals surface area contributed by atoms with E-state index in [1.807, 2.05) is 12.1 Å². The second kappa shape index (κ2) is 6.05. The number of anilines is 1. The summed E-state index contributed by atoms with van der Waals surface area (Å²) in [4.78, 5) is 22.3. The van der Waals surface area contributed by atoms with Crippen LogP contribution in [0.4, 0.5) is 10.2 Å². The Morgan fingerprint density at radius 1 is 1.19 bits per heavy atom. The van der Waals surface area contributed by atoms with E-state index < -0.39 is 0 Å². The standard InChI is InChI=1S/C15H17FN4O/c16-13-4-2-1-3-12(13)10-19-5-7-20(8-6-19)14-9-15(21)18-11-17-14/h1-4,9,11H,5-8,10H2,(H,17,18,21). The summed E-state index contributed by atoms with van der Waals surface area (Å²) in [6.45, 7) is 3.82. The molecule has 1 aliphatic rings. The van der Waals surface area contributed by atoms with Crippen molar-refractivity contribution in [3.05, 3.63) is 58.4 Å². The molecule has 2 aromatic rings. The van der Waals surface area contributed by atoms with Gasteiger partial charge in [-0.15, -0.1) is 0 Å². The van der Waals surface area contributed by atoms with E-state index in [1.54, 1.807) is 6.07 Å². The lowest BCUT2D eigenvalue weighted by molar-refractivity contribution is 0.246. The number of benzene rings is 1. The van der Waals surface area contributed by atoms with Crippen molar-refractivity contribution >= 4 is 5.82 Å². The maximum absolute atomic E-state index is 13.6. The Balaban J connectivity index is 1.60. The van der Waals surface area contributed by atoms with E-state index >= 15 is 0 Å². The maximum Gasteiger partial charge on any atom is 0.252 e. The average Bonchev–Trinajstić information content (AvgIpc) is 2.50. The monoisotopic (exact) mass is 288 g/mol. The van der Waals surface area contributed by atoms with Crippen molar-refractivity contribution in [3.63, 3.8) is 0 Å². The van der Waals surface area contributed by atoms with Crippen LogP contribution in [0.2, 0.25) is 0 Å². The normalized spacial score (nSPS) is 16.1. The first-order valence-electron chi connectivity index (χ1n) is 6.98. The fourth-order valence-corrected chi connectivity index (χ4v) is 2.53. The lowest BCUT2D eigenvalue weighted by Crippen LogP contribution is -2.46. The molecule has 3 rings (SSSR count). The predicted molar refractivity (Wildman–Crippen MR) is 78.7 cm³/mol. The van der Waals surface area contributed by atoms with Crippen LogP contribution in [0, 0.1) is 5.82 Å². The first-order chi connectivity index (χ1) is 10.2. The second-order valence-electron chi connectivity index (χ2n) is 5.12. The molecular formula is C15H17FN4O. The zero-order valence-electron chi connectivity index (χ0n) is 11.6. The van der Waals surface area contributed by atoms with E-state index in [0.717, 1.165) is 31.7 Å². The van der Waals surface area contributed by atoms with Crippen LogP contribution in [-0.4, -0.2) is 41.0 Å². The lowest BCUT2D eigenvalue weighted by atomic mass is 10.2. The molecule has 1 fully saturated rings. The van der Waals surface area contributed by atoms with Gasteiger partial charge in [-0.05, 0) is 6.07 Å². The van der Waals surface area contributed by atoms with Gasteiger partial charge in [0.1, 0.15) is 11.6 Å². The van der Waals surface area contributed by atoms with Gasteiger partial charge in [-0.3, -0.25) is 9.69 Å². The van der Waals surface area contributed by atoms with Crippen molar-refractivity contribution in [1.29, 1.82) is 0 Å². The molecule has 1 aromatic carbocycles. The molecule has 0 saturated carbocycles. The third-order valence-corrected chi connectivity index (χ3v) is 3.71. The molecule has 0 radical (unpaired) electrons. The zero-order valence-corrected chi connectivity index (χ0v) is 11.6. The Labute approximate surface area is 122 Å². The molecule has 0 atom stereocenters. The summed E-state index contributed by atoms with van der Waals surface area (Å²) in [6.07, 6.45) is 1.42. The summed E-state index contributed by atoms with van der Waals surface area (Å²) in [5.74, 6) is 0.542. The van der Waals surface area contributed by atoms with Crippen LogP contribution in [0.5, 0.6) is 0 Å². The van der Waals surface area contributed by atoms with Gasteiger partial charge in [-0.25, -0.2) is 9.37 Å². The van der Waals surface area contributed by atoms with Gasteiger partial charge in [-0.2, -0.15) is 0 Å². The van der Waals surface area contributed by atoms with Crippen molar-refractivity contribution in [3.8, 4) is 0 Å². The van der Waals surface area contributed by atoms with Crippen LogP contribution < -0.4 is 10.5 Å². The third kappa shape index (κ3) is 3.28. The molecule has 0 bridgehead atoms. The Morgan fingerprint density at radius 2 is 1.95 bits per heavy atom. The first kappa shape index (κ1) is 13.8. The fourth-order valence-electron chi connectivity index (χ4n) is 2.53. The first-order valence-corrected chi connectivity index (χ1v) is 6.98. The molecule has 0 unspecified atom stereocenters. The molecule has 21 heavy (non-hydrogen) atoms. The number of H-pyrrole nitrogens is 1. The van der Waals surface area contributed by atoms with E-state index in [9.17, 15) is 9.18 Å². The number of aromatic amines is 1. The number of aromatic nitrogens is 2. The van der Waals surface area contributed by atoms with Crippen LogP contribution in [0.1, 0.15) is 5.56 Å². The van der Waals surface area contributed by atoms with Crippen LogP contribution in [0.25, 0.3) is 0 Å². The number of piperazine rings is 1. The summed E-state index contributed by atoms with van der Waals surface area (Å²) in [5, 5.41) is 0. The molecule has 5 nitrogen and oxygen atoms in total. The number of hydrogen-bond acceptors (Lipinski definition) is 4. The Hall–Kier alpha value is -2.21. The summed E-state index contributed by atoms with van der Waals surface area (Å²) < 4.78 is 13.6. The van der Waals surface area contributed by atoms with Crippen molar-refractivity contribution in [2.45, 2.75) is 6.54 Å². The van der Waals surface area contributed by atoms with Gasteiger partial charge in [0.25, 0.3) is 5.56 Å². The summed E-state index contributed by atoms with van der Waals surface area (Å²) in [5.41, 5.74) is 0.578. The molecule has 1 N–H and O–H groups in total.